The minimum Gasteiger partial charge on any atom is -0.478 e. The molecule has 1 N–H and O–H groups in total. The first-order valence-electron chi connectivity index (χ1n) is 6.33. The van der Waals surface area contributed by atoms with E-state index in [0.717, 1.165) is 41.9 Å². The maximum atomic E-state index is 10.7. The molecule has 1 heterocycles. The number of carbonyl (C=O) groups is 1. The van der Waals surface area contributed by atoms with E-state index >= 15 is 0 Å². The van der Waals surface area contributed by atoms with Crippen LogP contribution < -0.4 is 0 Å². The SMILES string of the molecule is CCCCn1c(Cl)c(/C=C/C(=O)O)c2ccccc21. The Labute approximate surface area is 117 Å². The summed E-state index contributed by atoms with van der Waals surface area (Å²) in [5.74, 6) is -0.971. The van der Waals surface area contributed by atoms with Crippen molar-refractivity contribution in [1.82, 2.24) is 4.57 Å². The fourth-order valence-corrected chi connectivity index (χ4v) is 2.49. The van der Waals surface area contributed by atoms with Crippen molar-refractivity contribution < 1.29 is 9.90 Å². The molecule has 0 unspecified atom stereocenters. The van der Waals surface area contributed by atoms with E-state index in [1.807, 2.05) is 28.8 Å². The zero-order valence-electron chi connectivity index (χ0n) is 10.8. The van der Waals surface area contributed by atoms with Crippen LogP contribution in [-0.2, 0) is 11.3 Å². The van der Waals surface area contributed by atoms with Crippen molar-refractivity contribution in [1.29, 1.82) is 0 Å². The van der Waals surface area contributed by atoms with Crippen LogP contribution in [0.15, 0.2) is 30.3 Å². The van der Waals surface area contributed by atoms with E-state index in [1.54, 1.807) is 6.08 Å². The summed E-state index contributed by atoms with van der Waals surface area (Å²) in [5.41, 5.74) is 1.82. The molecule has 100 valence electrons. The van der Waals surface area contributed by atoms with Gasteiger partial charge in [0.25, 0.3) is 0 Å². The van der Waals surface area contributed by atoms with Gasteiger partial charge in [-0.3, -0.25) is 0 Å². The number of carboxylic acid groups (broad SMARTS) is 1. The minimum atomic E-state index is -0.971. The molecule has 0 spiro atoms. The number of unbranched alkanes of at least 4 members (excludes halogenated alkanes) is 1. The Morgan fingerprint density at radius 1 is 1.42 bits per heavy atom. The van der Waals surface area contributed by atoms with Crippen molar-refractivity contribution in [3.63, 3.8) is 0 Å². The summed E-state index contributed by atoms with van der Waals surface area (Å²) in [5, 5.41) is 10.3. The molecule has 0 radical (unpaired) electrons. The average molecular weight is 278 g/mol. The second-order valence-electron chi connectivity index (χ2n) is 4.40. The number of carboxylic acids is 1. The molecule has 4 heteroatoms. The lowest BCUT2D eigenvalue weighted by Crippen LogP contribution is -1.97. The Hall–Kier alpha value is -1.74. The van der Waals surface area contributed by atoms with E-state index in [2.05, 4.69) is 6.92 Å². The summed E-state index contributed by atoms with van der Waals surface area (Å²) >= 11 is 6.39. The van der Waals surface area contributed by atoms with Crippen LogP contribution in [0.4, 0.5) is 0 Å². The first kappa shape index (κ1) is 13.7. The number of aromatic nitrogens is 1. The number of para-hydroxylation sites is 1. The maximum absolute atomic E-state index is 10.7. The number of benzene rings is 1. The maximum Gasteiger partial charge on any atom is 0.328 e. The predicted octanol–water partition coefficient (Wildman–Crippen LogP) is 4.19. The molecular formula is C15H16ClNO2. The number of aryl methyl sites for hydroxylation is 1. The van der Waals surface area contributed by atoms with Crippen LogP contribution in [0.25, 0.3) is 17.0 Å². The molecule has 0 aliphatic heterocycles. The van der Waals surface area contributed by atoms with Gasteiger partial charge in [-0.2, -0.15) is 0 Å². The lowest BCUT2D eigenvalue weighted by molar-refractivity contribution is -0.131. The third-order valence-electron chi connectivity index (χ3n) is 3.07. The molecule has 3 nitrogen and oxygen atoms in total. The van der Waals surface area contributed by atoms with Crippen molar-refractivity contribution in [2.24, 2.45) is 0 Å². The molecule has 0 fully saturated rings. The minimum absolute atomic E-state index is 0.604. The van der Waals surface area contributed by atoms with E-state index in [4.69, 9.17) is 16.7 Å². The summed E-state index contributed by atoms with van der Waals surface area (Å²) in [4.78, 5) is 10.7. The molecule has 19 heavy (non-hydrogen) atoms. The van der Waals surface area contributed by atoms with Crippen LogP contribution in [0.2, 0.25) is 5.15 Å². The molecule has 0 atom stereocenters. The fourth-order valence-electron chi connectivity index (χ4n) is 2.15. The second kappa shape index (κ2) is 5.93. The number of rotatable bonds is 5. The fraction of sp³-hybridized carbons (Fsp3) is 0.267. The largest absolute Gasteiger partial charge is 0.478 e. The van der Waals surface area contributed by atoms with Crippen molar-refractivity contribution >= 4 is 34.5 Å². The molecule has 0 aliphatic carbocycles. The highest BCUT2D eigenvalue weighted by Gasteiger charge is 2.12. The Morgan fingerprint density at radius 2 is 2.16 bits per heavy atom. The van der Waals surface area contributed by atoms with Crippen molar-refractivity contribution in [3.8, 4) is 0 Å². The first-order valence-corrected chi connectivity index (χ1v) is 6.70. The first-order chi connectivity index (χ1) is 9.15. The van der Waals surface area contributed by atoms with Gasteiger partial charge in [0.1, 0.15) is 5.15 Å². The van der Waals surface area contributed by atoms with Crippen LogP contribution in [-0.4, -0.2) is 15.6 Å². The van der Waals surface area contributed by atoms with E-state index in [1.165, 1.54) is 0 Å². The Balaban J connectivity index is 2.56. The summed E-state index contributed by atoms with van der Waals surface area (Å²) in [7, 11) is 0. The summed E-state index contributed by atoms with van der Waals surface area (Å²) < 4.78 is 2.04. The topological polar surface area (TPSA) is 42.2 Å². The highest BCUT2D eigenvalue weighted by atomic mass is 35.5. The molecule has 2 aromatic rings. The van der Waals surface area contributed by atoms with Gasteiger partial charge in [0.15, 0.2) is 0 Å². The summed E-state index contributed by atoms with van der Waals surface area (Å²) in [6.45, 7) is 2.97. The molecule has 1 aromatic carbocycles. The lowest BCUT2D eigenvalue weighted by Gasteiger charge is -2.05. The van der Waals surface area contributed by atoms with Gasteiger partial charge in [-0.15, -0.1) is 0 Å². The quantitative estimate of drug-likeness (QED) is 0.833. The van der Waals surface area contributed by atoms with Crippen molar-refractivity contribution in [2.45, 2.75) is 26.3 Å². The van der Waals surface area contributed by atoms with Gasteiger partial charge in [0.2, 0.25) is 0 Å². The number of fused-ring (bicyclic) bond motifs is 1. The van der Waals surface area contributed by atoms with Crippen LogP contribution >= 0.6 is 11.6 Å². The second-order valence-corrected chi connectivity index (χ2v) is 4.76. The lowest BCUT2D eigenvalue weighted by atomic mass is 10.1. The van der Waals surface area contributed by atoms with Crippen LogP contribution in [0.3, 0.4) is 0 Å². The average Bonchev–Trinajstić information content (AvgIpc) is 2.66. The standard InChI is InChI=1S/C15H16ClNO2/c1-2-3-10-17-13-7-5-4-6-11(13)12(15(17)16)8-9-14(18)19/h4-9H,2-3,10H2,1H3,(H,18,19)/b9-8+. The third-order valence-corrected chi connectivity index (χ3v) is 3.48. The van der Waals surface area contributed by atoms with E-state index in [-0.39, 0.29) is 0 Å². The van der Waals surface area contributed by atoms with E-state index in [9.17, 15) is 4.79 Å². The number of hydrogen-bond acceptors (Lipinski definition) is 1. The van der Waals surface area contributed by atoms with Crippen molar-refractivity contribution in [2.75, 3.05) is 0 Å². The molecule has 0 bridgehead atoms. The molecular weight excluding hydrogens is 262 g/mol. The summed E-state index contributed by atoms with van der Waals surface area (Å²) in [6, 6.07) is 7.87. The van der Waals surface area contributed by atoms with Gasteiger partial charge in [0.05, 0.1) is 0 Å². The molecule has 0 saturated heterocycles. The predicted molar refractivity (Wildman–Crippen MR) is 78.5 cm³/mol. The van der Waals surface area contributed by atoms with E-state index in [0.29, 0.717) is 5.15 Å². The molecule has 1 aromatic heterocycles. The van der Waals surface area contributed by atoms with Gasteiger partial charge < -0.3 is 9.67 Å². The van der Waals surface area contributed by atoms with Gasteiger partial charge in [-0.05, 0) is 18.6 Å². The molecule has 0 aliphatic rings. The van der Waals surface area contributed by atoms with Crippen molar-refractivity contribution in [3.05, 3.63) is 41.1 Å². The number of halogens is 1. The Morgan fingerprint density at radius 3 is 2.84 bits per heavy atom. The zero-order chi connectivity index (χ0) is 13.8. The Kier molecular flexibility index (Phi) is 4.27. The third kappa shape index (κ3) is 2.82. The number of hydrogen-bond donors (Lipinski definition) is 1. The van der Waals surface area contributed by atoms with Crippen LogP contribution in [0.5, 0.6) is 0 Å². The van der Waals surface area contributed by atoms with E-state index < -0.39 is 5.97 Å². The highest BCUT2D eigenvalue weighted by Crippen LogP contribution is 2.31. The summed E-state index contributed by atoms with van der Waals surface area (Å²) in [6.07, 6.45) is 4.82. The number of nitrogens with zero attached hydrogens (tertiary/aromatic N) is 1. The van der Waals surface area contributed by atoms with Gasteiger partial charge in [-0.25, -0.2) is 4.79 Å². The van der Waals surface area contributed by atoms with Gasteiger partial charge >= 0.3 is 5.97 Å². The molecule has 2 rings (SSSR count). The zero-order valence-corrected chi connectivity index (χ0v) is 11.5. The van der Waals surface area contributed by atoms with Crippen LogP contribution in [0, 0.1) is 0 Å². The molecule has 0 saturated carbocycles. The smallest absolute Gasteiger partial charge is 0.328 e. The normalized spacial score (nSPS) is 11.5. The highest BCUT2D eigenvalue weighted by molar-refractivity contribution is 6.33. The monoisotopic (exact) mass is 277 g/mol. The number of aliphatic carboxylic acids is 1. The Bertz CT molecular complexity index is 628. The van der Waals surface area contributed by atoms with Gasteiger partial charge in [0, 0.05) is 29.1 Å². The van der Waals surface area contributed by atoms with Crippen LogP contribution in [0.1, 0.15) is 25.3 Å². The molecule has 0 amide bonds. The van der Waals surface area contributed by atoms with Gasteiger partial charge in [-0.1, -0.05) is 43.1 Å².